The minimum Gasteiger partial charge on any atom is -0.469 e. The molecule has 2 amide bonds. The van der Waals surface area contributed by atoms with Gasteiger partial charge in [-0.3, -0.25) is 19.3 Å². The molecule has 2 aliphatic rings. The van der Waals surface area contributed by atoms with Gasteiger partial charge in [0.25, 0.3) is 0 Å². The van der Waals surface area contributed by atoms with E-state index in [1.165, 1.54) is 18.4 Å². The van der Waals surface area contributed by atoms with Gasteiger partial charge in [-0.2, -0.15) is 0 Å². The van der Waals surface area contributed by atoms with Crippen LogP contribution < -0.4 is 5.32 Å². The fourth-order valence-electron chi connectivity index (χ4n) is 3.87. The summed E-state index contributed by atoms with van der Waals surface area (Å²) in [6.07, 6.45) is 4.39. The monoisotopic (exact) mass is 394 g/mol. The van der Waals surface area contributed by atoms with Crippen molar-refractivity contribution >= 4 is 34.3 Å². The normalized spacial score (nSPS) is 22.6. The molecule has 0 bridgehead atoms. The lowest BCUT2D eigenvalue weighted by Crippen LogP contribution is -2.38. The van der Waals surface area contributed by atoms with Crippen LogP contribution in [0, 0.1) is 5.41 Å². The van der Waals surface area contributed by atoms with Gasteiger partial charge in [0.1, 0.15) is 0 Å². The van der Waals surface area contributed by atoms with Crippen LogP contribution in [0.2, 0.25) is 0 Å². The van der Waals surface area contributed by atoms with Crippen LogP contribution in [0.3, 0.4) is 0 Å². The zero-order valence-corrected chi connectivity index (χ0v) is 16.6. The van der Waals surface area contributed by atoms with Crippen molar-refractivity contribution < 1.29 is 19.1 Å². The summed E-state index contributed by atoms with van der Waals surface area (Å²) in [5, 5.41) is 3.25. The molecule has 1 atom stereocenters. The maximum Gasteiger partial charge on any atom is 0.310 e. The Hall–Kier alpha value is -2.00. The van der Waals surface area contributed by atoms with Crippen LogP contribution in [-0.2, 0) is 25.5 Å². The highest BCUT2D eigenvalue weighted by Crippen LogP contribution is 2.40. The molecular weight excluding hydrogens is 368 g/mol. The number of amides is 2. The van der Waals surface area contributed by atoms with Crippen LogP contribution in [0.4, 0.5) is 5.13 Å². The van der Waals surface area contributed by atoms with E-state index in [-0.39, 0.29) is 36.2 Å². The molecule has 0 radical (unpaired) electrons. The Morgan fingerprint density at radius 1 is 1.37 bits per heavy atom. The number of hydrogen-bond donors (Lipinski definition) is 1. The maximum atomic E-state index is 12.7. The predicted molar refractivity (Wildman–Crippen MR) is 101 cm³/mol. The zero-order chi connectivity index (χ0) is 19.4. The molecule has 0 aromatic carbocycles. The van der Waals surface area contributed by atoms with Crippen LogP contribution in [0.15, 0.2) is 6.20 Å². The van der Waals surface area contributed by atoms with E-state index in [4.69, 9.17) is 0 Å². The number of carbonyl (C=O) groups is 3. The van der Waals surface area contributed by atoms with Gasteiger partial charge in [-0.25, -0.2) is 4.98 Å². The largest absolute Gasteiger partial charge is 0.469 e. The molecule has 1 aromatic heterocycles. The molecule has 9 heteroatoms. The van der Waals surface area contributed by atoms with E-state index in [1.807, 2.05) is 9.80 Å². The number of nitrogens with zero attached hydrogens (tertiary/aromatic N) is 3. The number of anilines is 1. The number of methoxy groups -OCH3 is 1. The Balaban J connectivity index is 1.50. The number of rotatable bonds is 7. The van der Waals surface area contributed by atoms with Crippen molar-refractivity contribution in [1.82, 2.24) is 14.8 Å². The van der Waals surface area contributed by atoms with E-state index in [0.29, 0.717) is 11.7 Å². The second kappa shape index (κ2) is 8.35. The Labute approximate surface area is 162 Å². The lowest BCUT2D eigenvalue weighted by atomic mass is 9.85. The van der Waals surface area contributed by atoms with E-state index in [0.717, 1.165) is 43.8 Å². The van der Waals surface area contributed by atoms with Crippen molar-refractivity contribution in [3.8, 4) is 0 Å². The van der Waals surface area contributed by atoms with Crippen molar-refractivity contribution in [3.05, 3.63) is 11.1 Å². The number of ether oxygens (including phenoxy) is 1. The van der Waals surface area contributed by atoms with Crippen LogP contribution in [-0.4, -0.2) is 72.4 Å². The second-order valence-electron chi connectivity index (χ2n) is 7.22. The van der Waals surface area contributed by atoms with Crippen molar-refractivity contribution in [3.63, 3.8) is 0 Å². The summed E-state index contributed by atoms with van der Waals surface area (Å²) in [6, 6.07) is 0. The number of likely N-dealkylation sites (tertiary alicyclic amines) is 2. The number of aromatic nitrogens is 1. The smallest absolute Gasteiger partial charge is 0.310 e. The Bertz CT molecular complexity index is 722. The number of carbonyl (C=O) groups excluding carboxylic acids is 3. The number of nitrogens with one attached hydrogen (secondary N) is 1. The van der Waals surface area contributed by atoms with Crippen molar-refractivity contribution in [2.24, 2.45) is 5.41 Å². The van der Waals surface area contributed by atoms with Crippen LogP contribution in [0.25, 0.3) is 0 Å². The second-order valence-corrected chi connectivity index (χ2v) is 8.33. The molecule has 0 aliphatic carbocycles. The molecule has 2 fully saturated rings. The summed E-state index contributed by atoms with van der Waals surface area (Å²) in [5.74, 6) is -0.237. The molecule has 3 heterocycles. The molecule has 3 rings (SSSR count). The van der Waals surface area contributed by atoms with Gasteiger partial charge in [-0.1, -0.05) is 6.92 Å². The van der Waals surface area contributed by atoms with Gasteiger partial charge in [0.2, 0.25) is 11.8 Å². The van der Waals surface area contributed by atoms with E-state index in [9.17, 15) is 14.4 Å². The number of hydrogen-bond acceptors (Lipinski definition) is 7. The molecular formula is C18H26N4O4S. The minimum absolute atomic E-state index is 0.148. The predicted octanol–water partition coefficient (Wildman–Crippen LogP) is 1.13. The molecule has 2 aliphatic heterocycles. The summed E-state index contributed by atoms with van der Waals surface area (Å²) in [5.41, 5.74) is -0.301. The lowest BCUT2D eigenvalue weighted by Gasteiger charge is -2.23. The topological polar surface area (TPSA) is 91.8 Å². The number of esters is 1. The molecule has 1 aromatic rings. The fraction of sp³-hybridized carbons (Fsp3) is 0.667. The summed E-state index contributed by atoms with van der Waals surface area (Å²) in [6.45, 7) is 5.37. The van der Waals surface area contributed by atoms with Gasteiger partial charge < -0.3 is 15.0 Å². The van der Waals surface area contributed by atoms with Crippen molar-refractivity contribution in [1.29, 1.82) is 0 Å². The zero-order valence-electron chi connectivity index (χ0n) is 15.8. The quantitative estimate of drug-likeness (QED) is 0.697. The van der Waals surface area contributed by atoms with Gasteiger partial charge in [0.05, 0.1) is 25.5 Å². The van der Waals surface area contributed by atoms with Gasteiger partial charge in [0.15, 0.2) is 5.13 Å². The Morgan fingerprint density at radius 2 is 2.15 bits per heavy atom. The van der Waals surface area contributed by atoms with Gasteiger partial charge in [-0.05, 0) is 25.8 Å². The van der Waals surface area contributed by atoms with Gasteiger partial charge >= 0.3 is 5.97 Å². The molecule has 1 spiro atoms. The fourth-order valence-corrected chi connectivity index (χ4v) is 4.69. The van der Waals surface area contributed by atoms with Gasteiger partial charge in [-0.15, -0.1) is 11.3 Å². The molecule has 27 heavy (non-hydrogen) atoms. The third kappa shape index (κ3) is 4.47. The third-order valence-corrected chi connectivity index (χ3v) is 6.15. The molecule has 0 saturated carbocycles. The average Bonchev–Trinajstić information content (AvgIpc) is 3.32. The first-order valence-corrected chi connectivity index (χ1v) is 10.1. The first-order valence-electron chi connectivity index (χ1n) is 9.29. The van der Waals surface area contributed by atoms with Crippen molar-refractivity contribution in [2.45, 2.75) is 32.6 Å². The van der Waals surface area contributed by atoms with Crippen molar-refractivity contribution in [2.75, 3.05) is 45.2 Å². The molecule has 8 nitrogen and oxygen atoms in total. The van der Waals surface area contributed by atoms with Crippen LogP contribution in [0.5, 0.6) is 0 Å². The molecule has 2 saturated heterocycles. The van der Waals surface area contributed by atoms with E-state index < -0.39 is 0 Å². The number of thiazole rings is 1. The third-order valence-electron chi connectivity index (χ3n) is 5.24. The Kier molecular flexibility index (Phi) is 6.11. The summed E-state index contributed by atoms with van der Waals surface area (Å²) in [4.78, 5) is 45.2. The highest BCUT2D eigenvalue weighted by Gasteiger charge is 2.50. The summed E-state index contributed by atoms with van der Waals surface area (Å²) in [7, 11) is 1.34. The maximum absolute atomic E-state index is 12.7. The van der Waals surface area contributed by atoms with E-state index in [1.54, 1.807) is 6.20 Å². The average molecular weight is 394 g/mol. The first kappa shape index (κ1) is 19.8. The first-order chi connectivity index (χ1) is 13.0. The SMILES string of the molecule is CCCN1CCC2(CCN(CC(=O)Nc3ncc(CC(=O)OC)s3)C2)C1=O. The summed E-state index contributed by atoms with van der Waals surface area (Å²) < 4.78 is 4.63. The molecule has 1 unspecified atom stereocenters. The van der Waals surface area contributed by atoms with E-state index >= 15 is 0 Å². The molecule has 1 N–H and O–H groups in total. The molecule has 148 valence electrons. The minimum atomic E-state index is -0.336. The van der Waals surface area contributed by atoms with Crippen LogP contribution in [0.1, 0.15) is 31.1 Å². The van der Waals surface area contributed by atoms with Gasteiger partial charge in [0, 0.05) is 30.7 Å². The highest BCUT2D eigenvalue weighted by atomic mass is 32.1. The van der Waals surface area contributed by atoms with Crippen LogP contribution >= 0.6 is 11.3 Å². The lowest BCUT2D eigenvalue weighted by molar-refractivity contribution is -0.139. The Morgan fingerprint density at radius 3 is 2.89 bits per heavy atom. The standard InChI is InChI=1S/C18H26N4O4S/c1-3-6-22-8-5-18(16(22)25)4-7-21(12-18)11-14(23)20-17-19-10-13(27-17)9-15(24)26-2/h10H,3-9,11-12H2,1-2H3,(H,19,20,23). The highest BCUT2D eigenvalue weighted by molar-refractivity contribution is 7.15. The summed E-state index contributed by atoms with van der Waals surface area (Å²) >= 11 is 1.26. The van der Waals surface area contributed by atoms with E-state index in [2.05, 4.69) is 22.0 Å².